The maximum Gasteiger partial charge on any atom is 0.308 e. The number of carbonyl (C=O) groups is 1. The van der Waals surface area contributed by atoms with E-state index in [2.05, 4.69) is 15.9 Å². The number of carboxylic acid groups (broad SMARTS) is 1. The first-order valence-corrected chi connectivity index (χ1v) is 5.40. The molecule has 0 unspecified atom stereocenters. The Kier molecular flexibility index (Phi) is 2.91. The SMILES string of the molecule is O=C(O)Cc1c(O)c(Br)cc2c1OCCO2. The molecule has 0 atom stereocenters. The number of hydrogen-bond acceptors (Lipinski definition) is 4. The number of fused-ring (bicyclic) bond motifs is 1. The molecule has 2 N–H and O–H groups in total. The van der Waals surface area contributed by atoms with E-state index in [0.29, 0.717) is 29.2 Å². The first-order chi connectivity index (χ1) is 7.59. The van der Waals surface area contributed by atoms with Crippen LogP contribution >= 0.6 is 15.9 Å². The van der Waals surface area contributed by atoms with Gasteiger partial charge in [0.05, 0.1) is 16.5 Å². The van der Waals surface area contributed by atoms with Gasteiger partial charge < -0.3 is 19.7 Å². The second-order valence-electron chi connectivity index (χ2n) is 3.28. The minimum atomic E-state index is -1.04. The van der Waals surface area contributed by atoms with Crippen molar-refractivity contribution in [1.82, 2.24) is 0 Å². The lowest BCUT2D eigenvalue weighted by atomic mass is 10.1. The van der Waals surface area contributed by atoms with Crippen molar-refractivity contribution in [2.45, 2.75) is 6.42 Å². The van der Waals surface area contributed by atoms with E-state index in [0.717, 1.165) is 0 Å². The zero-order chi connectivity index (χ0) is 11.7. The second kappa shape index (κ2) is 4.21. The highest BCUT2D eigenvalue weighted by Crippen LogP contribution is 2.43. The second-order valence-corrected chi connectivity index (χ2v) is 4.13. The van der Waals surface area contributed by atoms with E-state index >= 15 is 0 Å². The molecule has 1 aromatic rings. The Balaban J connectivity index is 2.54. The standard InChI is InChI=1S/C10H9BrO5/c11-6-4-7-10(16-2-1-15-7)5(9(6)14)3-8(12)13/h4,14H,1-3H2,(H,12,13). The average Bonchev–Trinajstić information content (AvgIpc) is 2.24. The third-order valence-electron chi connectivity index (χ3n) is 2.18. The summed E-state index contributed by atoms with van der Waals surface area (Å²) in [6.45, 7) is 0.761. The van der Waals surface area contributed by atoms with Crippen molar-refractivity contribution < 1.29 is 24.5 Å². The van der Waals surface area contributed by atoms with E-state index in [1.54, 1.807) is 6.07 Å². The van der Waals surface area contributed by atoms with Gasteiger partial charge >= 0.3 is 5.97 Å². The van der Waals surface area contributed by atoms with Gasteiger partial charge in [-0.25, -0.2) is 0 Å². The molecule has 1 aliphatic heterocycles. The summed E-state index contributed by atoms with van der Waals surface area (Å²) in [6, 6.07) is 1.56. The maximum atomic E-state index is 10.7. The molecule has 0 bridgehead atoms. The Bertz CT molecular complexity index is 443. The van der Waals surface area contributed by atoms with Crippen LogP contribution in [0, 0.1) is 0 Å². The van der Waals surface area contributed by atoms with Gasteiger partial charge in [0, 0.05) is 6.07 Å². The van der Waals surface area contributed by atoms with Crippen LogP contribution in [0.1, 0.15) is 5.56 Å². The van der Waals surface area contributed by atoms with Crippen LogP contribution in [0.3, 0.4) is 0 Å². The van der Waals surface area contributed by atoms with Crippen molar-refractivity contribution in [3.8, 4) is 17.2 Å². The monoisotopic (exact) mass is 288 g/mol. The number of halogens is 1. The molecule has 2 rings (SSSR count). The molecular weight excluding hydrogens is 280 g/mol. The predicted octanol–water partition coefficient (Wildman–Crippen LogP) is 1.55. The number of phenols is 1. The van der Waals surface area contributed by atoms with Crippen LogP contribution in [0.2, 0.25) is 0 Å². The summed E-state index contributed by atoms with van der Waals surface area (Å²) in [7, 11) is 0. The molecule has 0 aliphatic carbocycles. The quantitative estimate of drug-likeness (QED) is 0.864. The van der Waals surface area contributed by atoms with Crippen LogP contribution in [-0.2, 0) is 11.2 Å². The van der Waals surface area contributed by atoms with Crippen LogP contribution in [-0.4, -0.2) is 29.4 Å². The Labute approximate surface area is 99.7 Å². The third-order valence-corrected chi connectivity index (χ3v) is 2.79. The Hall–Kier alpha value is -1.43. The maximum absolute atomic E-state index is 10.7. The zero-order valence-corrected chi connectivity index (χ0v) is 9.78. The molecule has 16 heavy (non-hydrogen) atoms. The molecule has 1 heterocycles. The summed E-state index contributed by atoms with van der Waals surface area (Å²) in [6.07, 6.45) is -0.309. The summed E-state index contributed by atoms with van der Waals surface area (Å²) in [4.78, 5) is 10.7. The largest absolute Gasteiger partial charge is 0.506 e. The highest BCUT2D eigenvalue weighted by molar-refractivity contribution is 9.10. The molecule has 0 saturated carbocycles. The highest BCUT2D eigenvalue weighted by Gasteiger charge is 2.23. The molecule has 0 amide bonds. The molecular formula is C10H9BrO5. The lowest BCUT2D eigenvalue weighted by Gasteiger charge is -2.22. The van der Waals surface area contributed by atoms with Gasteiger partial charge in [-0.15, -0.1) is 0 Å². The van der Waals surface area contributed by atoms with E-state index in [-0.39, 0.29) is 17.7 Å². The fourth-order valence-electron chi connectivity index (χ4n) is 1.53. The lowest BCUT2D eigenvalue weighted by molar-refractivity contribution is -0.136. The van der Waals surface area contributed by atoms with Crippen LogP contribution in [0.4, 0.5) is 0 Å². The minimum absolute atomic E-state index is 0.119. The van der Waals surface area contributed by atoms with E-state index in [4.69, 9.17) is 14.6 Å². The van der Waals surface area contributed by atoms with E-state index in [1.807, 2.05) is 0 Å². The lowest BCUT2D eigenvalue weighted by Crippen LogP contribution is -2.17. The number of carboxylic acids is 1. The molecule has 86 valence electrons. The predicted molar refractivity (Wildman–Crippen MR) is 58.1 cm³/mol. The number of phenolic OH excluding ortho intramolecular Hbond substituents is 1. The van der Waals surface area contributed by atoms with E-state index in [1.165, 1.54) is 0 Å². The Morgan fingerprint density at radius 3 is 2.81 bits per heavy atom. The molecule has 0 saturated heterocycles. The number of aliphatic carboxylic acids is 1. The summed E-state index contributed by atoms with van der Waals surface area (Å²) in [5.74, 6) is -0.391. The number of aromatic hydroxyl groups is 1. The molecule has 0 fully saturated rings. The molecule has 1 aliphatic rings. The molecule has 0 radical (unpaired) electrons. The Morgan fingerprint density at radius 2 is 2.12 bits per heavy atom. The smallest absolute Gasteiger partial charge is 0.308 e. The normalized spacial score (nSPS) is 13.6. The molecule has 0 aromatic heterocycles. The van der Waals surface area contributed by atoms with E-state index in [9.17, 15) is 9.90 Å². The van der Waals surface area contributed by atoms with Gasteiger partial charge in [0.15, 0.2) is 11.5 Å². The molecule has 5 nitrogen and oxygen atoms in total. The summed E-state index contributed by atoms with van der Waals surface area (Å²) < 4.78 is 11.0. The van der Waals surface area contributed by atoms with Crippen LogP contribution in [0.25, 0.3) is 0 Å². The van der Waals surface area contributed by atoms with Gasteiger partial charge in [-0.1, -0.05) is 0 Å². The van der Waals surface area contributed by atoms with Gasteiger partial charge in [0.1, 0.15) is 19.0 Å². The van der Waals surface area contributed by atoms with Crippen LogP contribution in [0.15, 0.2) is 10.5 Å². The van der Waals surface area contributed by atoms with Gasteiger partial charge in [-0.2, -0.15) is 0 Å². The van der Waals surface area contributed by atoms with Gasteiger partial charge in [0.2, 0.25) is 0 Å². The fourth-order valence-corrected chi connectivity index (χ4v) is 1.97. The molecule has 6 heteroatoms. The van der Waals surface area contributed by atoms with Crippen molar-refractivity contribution in [1.29, 1.82) is 0 Å². The number of ether oxygens (including phenoxy) is 2. The highest BCUT2D eigenvalue weighted by atomic mass is 79.9. The zero-order valence-electron chi connectivity index (χ0n) is 8.20. The van der Waals surface area contributed by atoms with Crippen molar-refractivity contribution in [3.05, 3.63) is 16.1 Å². The number of hydrogen-bond donors (Lipinski definition) is 2. The van der Waals surface area contributed by atoms with Crippen LogP contribution < -0.4 is 9.47 Å². The first kappa shape index (κ1) is 11.1. The first-order valence-electron chi connectivity index (χ1n) is 4.61. The topological polar surface area (TPSA) is 76.0 Å². The third kappa shape index (κ3) is 1.92. The van der Waals surface area contributed by atoms with Crippen molar-refractivity contribution >= 4 is 21.9 Å². The Morgan fingerprint density at radius 1 is 1.44 bits per heavy atom. The van der Waals surface area contributed by atoms with Crippen molar-refractivity contribution in [2.24, 2.45) is 0 Å². The fraction of sp³-hybridized carbons (Fsp3) is 0.300. The van der Waals surface area contributed by atoms with E-state index < -0.39 is 5.97 Å². The average molecular weight is 289 g/mol. The van der Waals surface area contributed by atoms with Gasteiger partial charge in [-0.3, -0.25) is 4.79 Å². The van der Waals surface area contributed by atoms with Gasteiger partial charge in [-0.05, 0) is 15.9 Å². The van der Waals surface area contributed by atoms with Gasteiger partial charge in [0.25, 0.3) is 0 Å². The van der Waals surface area contributed by atoms with Crippen molar-refractivity contribution in [3.63, 3.8) is 0 Å². The minimum Gasteiger partial charge on any atom is -0.506 e. The summed E-state index contributed by atoms with van der Waals surface area (Å²) in [5, 5.41) is 18.5. The van der Waals surface area contributed by atoms with Crippen LogP contribution in [0.5, 0.6) is 17.2 Å². The van der Waals surface area contributed by atoms with Crippen molar-refractivity contribution in [2.75, 3.05) is 13.2 Å². The molecule has 1 aromatic carbocycles. The summed E-state index contributed by atoms with van der Waals surface area (Å²) in [5.41, 5.74) is 0.233. The number of rotatable bonds is 2. The number of benzene rings is 1. The summed E-state index contributed by atoms with van der Waals surface area (Å²) >= 11 is 3.14. The molecule has 0 spiro atoms.